The lowest BCUT2D eigenvalue weighted by atomic mass is 10.00. The molecule has 0 fully saturated rings. The number of amides is 1. The van der Waals surface area contributed by atoms with E-state index >= 15 is 0 Å². The van der Waals surface area contributed by atoms with Crippen molar-refractivity contribution in [1.29, 1.82) is 0 Å². The summed E-state index contributed by atoms with van der Waals surface area (Å²) < 4.78 is 11.7. The van der Waals surface area contributed by atoms with Gasteiger partial charge in [0.15, 0.2) is 0 Å². The highest BCUT2D eigenvalue weighted by molar-refractivity contribution is 7.10. The van der Waals surface area contributed by atoms with E-state index in [4.69, 9.17) is 9.47 Å². The molecule has 1 aliphatic rings. The molecule has 0 radical (unpaired) electrons. The van der Waals surface area contributed by atoms with E-state index < -0.39 is 6.10 Å². The standard InChI is InChI=1S/C27H40N2O4S/c1-6-28(15-22(30)17-32-20(4)5)16-27(31)29-13-11-26-24(12-14-34-26)25(29)18-33-23-9-7-21(8-10-23)19(2)3/h7-10,12,14,19-20,22,25,30H,6,11,13,15-18H2,1-5H3/t22-,25-/m0/s1. The second-order valence-electron chi connectivity index (χ2n) is 9.55. The van der Waals surface area contributed by atoms with Crippen molar-refractivity contribution < 1.29 is 19.4 Å². The number of fused-ring (bicyclic) bond motifs is 1. The number of ether oxygens (including phenoxy) is 2. The molecule has 3 rings (SSSR count). The maximum atomic E-state index is 13.4. The largest absolute Gasteiger partial charge is 0.491 e. The van der Waals surface area contributed by atoms with Crippen LogP contribution in [0.5, 0.6) is 5.75 Å². The summed E-state index contributed by atoms with van der Waals surface area (Å²) in [5.74, 6) is 1.37. The van der Waals surface area contributed by atoms with Gasteiger partial charge in [-0.05, 0) is 67.4 Å². The van der Waals surface area contributed by atoms with Gasteiger partial charge in [-0.2, -0.15) is 0 Å². The normalized spacial score (nSPS) is 16.9. The first kappa shape index (κ1) is 26.7. The molecule has 0 unspecified atom stereocenters. The number of benzene rings is 1. The van der Waals surface area contributed by atoms with E-state index in [9.17, 15) is 9.90 Å². The second kappa shape index (κ2) is 12.7. The van der Waals surface area contributed by atoms with Crippen LogP contribution in [0.2, 0.25) is 0 Å². The first-order valence-corrected chi connectivity index (χ1v) is 13.3. The van der Waals surface area contributed by atoms with Gasteiger partial charge < -0.3 is 19.5 Å². The van der Waals surface area contributed by atoms with Gasteiger partial charge in [-0.3, -0.25) is 9.69 Å². The number of rotatable bonds is 12. The highest BCUT2D eigenvalue weighted by atomic mass is 32.1. The van der Waals surface area contributed by atoms with Crippen LogP contribution in [0.15, 0.2) is 35.7 Å². The average molecular weight is 489 g/mol. The molecular weight excluding hydrogens is 448 g/mol. The number of hydrogen-bond donors (Lipinski definition) is 1. The lowest BCUT2D eigenvalue weighted by Crippen LogP contribution is -2.48. The molecule has 1 aromatic carbocycles. The van der Waals surface area contributed by atoms with Crippen LogP contribution >= 0.6 is 11.3 Å². The fraction of sp³-hybridized carbons (Fsp3) is 0.593. The molecule has 2 aromatic rings. The zero-order valence-corrected chi connectivity index (χ0v) is 22.0. The molecule has 6 nitrogen and oxygen atoms in total. The molecule has 2 atom stereocenters. The average Bonchev–Trinajstić information content (AvgIpc) is 3.30. The molecule has 0 saturated heterocycles. The summed E-state index contributed by atoms with van der Waals surface area (Å²) in [6, 6.07) is 10.2. The fourth-order valence-corrected chi connectivity index (χ4v) is 5.17. The summed E-state index contributed by atoms with van der Waals surface area (Å²) in [4.78, 5) is 18.7. The molecule has 0 bridgehead atoms. The van der Waals surface area contributed by atoms with Crippen molar-refractivity contribution in [3.05, 3.63) is 51.7 Å². The van der Waals surface area contributed by atoms with Crippen molar-refractivity contribution in [2.24, 2.45) is 0 Å². The maximum absolute atomic E-state index is 13.4. The number of carbonyl (C=O) groups is 1. The Morgan fingerprint density at radius 1 is 1.21 bits per heavy atom. The molecule has 0 aliphatic carbocycles. The first-order chi connectivity index (χ1) is 16.3. The van der Waals surface area contributed by atoms with Crippen LogP contribution in [0.4, 0.5) is 0 Å². The molecular formula is C27H40N2O4S. The van der Waals surface area contributed by atoms with Crippen molar-refractivity contribution in [2.75, 3.05) is 39.4 Å². The van der Waals surface area contributed by atoms with Gasteiger partial charge in [0.05, 0.1) is 31.4 Å². The Hall–Kier alpha value is -1.93. The Labute approximate surface area is 208 Å². The summed E-state index contributed by atoms with van der Waals surface area (Å²) >= 11 is 1.75. The number of hydrogen-bond acceptors (Lipinski definition) is 6. The van der Waals surface area contributed by atoms with Gasteiger partial charge in [0.1, 0.15) is 12.4 Å². The highest BCUT2D eigenvalue weighted by Crippen LogP contribution is 2.34. The predicted molar refractivity (Wildman–Crippen MR) is 138 cm³/mol. The van der Waals surface area contributed by atoms with Gasteiger partial charge in [-0.1, -0.05) is 32.9 Å². The molecule has 0 saturated carbocycles. The van der Waals surface area contributed by atoms with E-state index in [2.05, 4.69) is 37.4 Å². The Morgan fingerprint density at radius 2 is 1.94 bits per heavy atom. The minimum absolute atomic E-state index is 0.0689. The second-order valence-corrected chi connectivity index (χ2v) is 10.6. The van der Waals surface area contributed by atoms with E-state index in [-0.39, 0.29) is 31.2 Å². The Balaban J connectivity index is 1.65. The van der Waals surface area contributed by atoms with Gasteiger partial charge in [0.2, 0.25) is 5.91 Å². The lowest BCUT2D eigenvalue weighted by Gasteiger charge is -2.37. The maximum Gasteiger partial charge on any atom is 0.237 e. The molecule has 188 valence electrons. The van der Waals surface area contributed by atoms with E-state index in [0.29, 0.717) is 32.2 Å². The number of nitrogens with zero attached hydrogens (tertiary/aromatic N) is 2. The molecule has 1 aromatic heterocycles. The molecule has 1 aliphatic heterocycles. The Morgan fingerprint density at radius 3 is 2.59 bits per heavy atom. The lowest BCUT2D eigenvalue weighted by molar-refractivity contribution is -0.136. The third-order valence-electron chi connectivity index (χ3n) is 6.27. The van der Waals surface area contributed by atoms with Crippen molar-refractivity contribution in [1.82, 2.24) is 9.80 Å². The van der Waals surface area contributed by atoms with Crippen LogP contribution in [-0.4, -0.2) is 72.4 Å². The predicted octanol–water partition coefficient (Wildman–Crippen LogP) is 4.48. The van der Waals surface area contributed by atoms with E-state index in [1.165, 1.54) is 16.0 Å². The molecule has 1 N–H and O–H groups in total. The third kappa shape index (κ3) is 7.28. The number of carbonyl (C=O) groups excluding carboxylic acids is 1. The minimum Gasteiger partial charge on any atom is -0.491 e. The number of thiophene rings is 1. The molecule has 0 spiro atoms. The zero-order valence-electron chi connectivity index (χ0n) is 21.2. The van der Waals surface area contributed by atoms with Gasteiger partial charge in [-0.25, -0.2) is 0 Å². The van der Waals surface area contributed by atoms with E-state index in [1.54, 1.807) is 11.3 Å². The van der Waals surface area contributed by atoms with Crippen LogP contribution < -0.4 is 4.74 Å². The van der Waals surface area contributed by atoms with Gasteiger partial charge >= 0.3 is 0 Å². The van der Waals surface area contributed by atoms with Gasteiger partial charge in [0.25, 0.3) is 0 Å². The number of aliphatic hydroxyl groups excluding tert-OH is 1. The number of aliphatic hydroxyl groups is 1. The molecule has 1 amide bonds. The SMILES string of the molecule is CCN(CC(=O)N1CCc2sccc2[C@@H]1COc1ccc(C(C)C)cc1)C[C@H](O)COC(C)C. The zero-order chi connectivity index (χ0) is 24.7. The molecule has 34 heavy (non-hydrogen) atoms. The fourth-order valence-electron chi connectivity index (χ4n) is 4.24. The van der Waals surface area contributed by atoms with Crippen molar-refractivity contribution in [2.45, 2.75) is 65.2 Å². The van der Waals surface area contributed by atoms with Crippen LogP contribution in [0, 0.1) is 0 Å². The summed E-state index contributed by atoms with van der Waals surface area (Å²) in [5, 5.41) is 12.4. The van der Waals surface area contributed by atoms with Crippen LogP contribution in [-0.2, 0) is 16.0 Å². The van der Waals surface area contributed by atoms with Crippen LogP contribution in [0.3, 0.4) is 0 Å². The summed E-state index contributed by atoms with van der Waals surface area (Å²) in [5.41, 5.74) is 2.47. The van der Waals surface area contributed by atoms with E-state index in [1.807, 2.05) is 42.7 Å². The summed E-state index contributed by atoms with van der Waals surface area (Å²) in [6.07, 6.45) is 0.324. The minimum atomic E-state index is -0.618. The van der Waals surface area contributed by atoms with Gasteiger partial charge in [-0.15, -0.1) is 11.3 Å². The first-order valence-electron chi connectivity index (χ1n) is 12.4. The third-order valence-corrected chi connectivity index (χ3v) is 7.26. The van der Waals surface area contributed by atoms with Crippen LogP contribution in [0.1, 0.15) is 62.6 Å². The smallest absolute Gasteiger partial charge is 0.237 e. The molecule has 2 heterocycles. The van der Waals surface area contributed by atoms with Crippen LogP contribution in [0.25, 0.3) is 0 Å². The Kier molecular flexibility index (Phi) is 9.95. The molecule has 7 heteroatoms. The number of likely N-dealkylation sites (N-methyl/N-ethyl adjacent to an activating group) is 1. The quantitative estimate of drug-likeness (QED) is 0.477. The van der Waals surface area contributed by atoms with Crippen molar-refractivity contribution in [3.8, 4) is 5.75 Å². The summed E-state index contributed by atoms with van der Waals surface area (Å²) in [6.45, 7) is 13.0. The highest BCUT2D eigenvalue weighted by Gasteiger charge is 2.33. The van der Waals surface area contributed by atoms with Crippen molar-refractivity contribution >= 4 is 17.2 Å². The monoisotopic (exact) mass is 488 g/mol. The van der Waals surface area contributed by atoms with E-state index in [0.717, 1.165) is 12.2 Å². The topological polar surface area (TPSA) is 62.2 Å². The van der Waals surface area contributed by atoms with Crippen molar-refractivity contribution in [3.63, 3.8) is 0 Å². The van der Waals surface area contributed by atoms with Gasteiger partial charge in [0, 0.05) is 18.0 Å². The Bertz CT molecular complexity index is 896. The summed E-state index contributed by atoms with van der Waals surface area (Å²) in [7, 11) is 0.